The highest BCUT2D eigenvalue weighted by atomic mass is 19.1. The molecule has 2 aliphatic heterocycles. The first-order valence-corrected chi connectivity index (χ1v) is 11.1. The fraction of sp³-hybridized carbons (Fsp3) is 0.696. The Hall–Kier alpha value is -1.60. The van der Waals surface area contributed by atoms with E-state index in [1.165, 1.54) is 12.5 Å². The van der Waals surface area contributed by atoms with Gasteiger partial charge in [0, 0.05) is 19.2 Å². The van der Waals surface area contributed by atoms with E-state index in [0.717, 1.165) is 24.8 Å². The van der Waals surface area contributed by atoms with E-state index in [9.17, 15) is 9.18 Å². The zero-order valence-corrected chi connectivity index (χ0v) is 18.2. The second kappa shape index (κ2) is 5.41. The highest BCUT2D eigenvalue weighted by Crippen LogP contribution is 2.68. The first-order valence-electron chi connectivity index (χ1n) is 11.1. The van der Waals surface area contributed by atoms with Crippen LogP contribution in [0.1, 0.15) is 76.2 Å². The van der Waals surface area contributed by atoms with Crippen LogP contribution in [0.3, 0.4) is 0 Å². The van der Waals surface area contributed by atoms with E-state index < -0.39 is 30.0 Å². The molecule has 5 nitrogen and oxygen atoms in total. The molecule has 4 aliphatic carbocycles. The molecule has 1 aromatic rings. The molecule has 6 aliphatic rings. The maximum absolute atomic E-state index is 14.5. The highest BCUT2D eigenvalue weighted by Gasteiger charge is 2.72. The predicted octanol–water partition coefficient (Wildman–Crippen LogP) is 4.41. The van der Waals surface area contributed by atoms with Crippen molar-refractivity contribution >= 4 is 13.1 Å². The molecule has 2 heterocycles. The van der Waals surface area contributed by atoms with Crippen LogP contribution in [0.25, 0.3) is 0 Å². The number of hydrogen-bond donors (Lipinski definition) is 0. The molecule has 0 amide bonds. The van der Waals surface area contributed by atoms with Crippen LogP contribution in [-0.4, -0.2) is 30.6 Å². The molecule has 4 atom stereocenters. The van der Waals surface area contributed by atoms with E-state index in [1.54, 1.807) is 19.9 Å². The molecule has 0 N–H and O–H groups in total. The largest absolute Gasteiger partial charge is 0.469 e. The van der Waals surface area contributed by atoms with E-state index in [-0.39, 0.29) is 28.4 Å². The molecule has 0 radical (unpaired) electrons. The molecule has 4 saturated carbocycles. The Morgan fingerprint density at radius 3 is 2.47 bits per heavy atom. The molecule has 1 aromatic carbocycles. The van der Waals surface area contributed by atoms with Gasteiger partial charge in [0.05, 0.1) is 11.7 Å². The topological polar surface area (TPSA) is 54.0 Å². The molecule has 7 heteroatoms. The zero-order valence-electron chi connectivity index (χ0n) is 18.2. The summed E-state index contributed by atoms with van der Waals surface area (Å²) in [5, 5.41) is -0.416. The lowest BCUT2D eigenvalue weighted by Crippen LogP contribution is -2.65. The van der Waals surface area contributed by atoms with Gasteiger partial charge < -0.3 is 18.8 Å². The summed E-state index contributed by atoms with van der Waals surface area (Å²) in [6, 6.07) is 3.07. The normalized spacial score (nSPS) is 38.7. The van der Waals surface area contributed by atoms with Gasteiger partial charge >= 0.3 is 13.1 Å². The quantitative estimate of drug-likeness (QED) is 0.530. The standard InChI is InChI=1S/C23H28BFO5/c1-20(2)12-10-15(20)22(5)16(11-12)29-24(30-22)23(8-9-23)13-6-7-14(25)17-18(13)27-21(3,4)28-19(17)26/h6-7,12,15-16H,8-11H2,1-5H3/t12?,15?,16?,22-/m0/s1. The van der Waals surface area contributed by atoms with Crippen LogP contribution >= 0.6 is 0 Å². The number of rotatable bonds is 2. The number of hydrogen-bond acceptors (Lipinski definition) is 5. The summed E-state index contributed by atoms with van der Waals surface area (Å²) in [6.45, 7) is 10.2. The third-order valence-corrected chi connectivity index (χ3v) is 8.72. The van der Waals surface area contributed by atoms with Crippen LogP contribution in [0.4, 0.5) is 4.39 Å². The third kappa shape index (κ3) is 2.23. The van der Waals surface area contributed by atoms with Crippen LogP contribution in [0, 0.1) is 23.1 Å². The van der Waals surface area contributed by atoms with Crippen LogP contribution in [0.5, 0.6) is 5.75 Å². The summed E-state index contributed by atoms with van der Waals surface area (Å²) >= 11 is 0. The predicted molar refractivity (Wildman–Crippen MR) is 108 cm³/mol. The maximum Gasteiger partial charge on any atom is 0.469 e. The van der Waals surface area contributed by atoms with Crippen molar-refractivity contribution in [1.82, 2.24) is 0 Å². The molecule has 30 heavy (non-hydrogen) atoms. The number of ether oxygens (including phenoxy) is 2. The molecule has 3 unspecified atom stereocenters. The monoisotopic (exact) mass is 414 g/mol. The van der Waals surface area contributed by atoms with Crippen molar-refractivity contribution in [2.24, 2.45) is 17.3 Å². The molecule has 0 spiro atoms. The molecular weight excluding hydrogens is 386 g/mol. The van der Waals surface area contributed by atoms with Gasteiger partial charge in [-0.3, -0.25) is 0 Å². The van der Waals surface area contributed by atoms with Crippen LogP contribution in [0.15, 0.2) is 12.1 Å². The second-order valence-electron chi connectivity index (χ2n) is 11.1. The van der Waals surface area contributed by atoms with Gasteiger partial charge in [-0.05, 0) is 61.5 Å². The number of halogens is 1. The Morgan fingerprint density at radius 2 is 1.80 bits per heavy atom. The fourth-order valence-electron chi connectivity index (χ4n) is 6.66. The van der Waals surface area contributed by atoms with Gasteiger partial charge in [0.1, 0.15) is 17.1 Å². The molecule has 160 valence electrons. The first-order chi connectivity index (χ1) is 14.0. The summed E-state index contributed by atoms with van der Waals surface area (Å²) in [7, 11) is -0.415. The van der Waals surface area contributed by atoms with E-state index in [1.807, 2.05) is 0 Å². The number of carbonyl (C=O) groups excluding carboxylic acids is 1. The molecule has 2 bridgehead atoms. The van der Waals surface area contributed by atoms with Gasteiger partial charge in [0.2, 0.25) is 5.79 Å². The lowest BCUT2D eigenvalue weighted by Gasteiger charge is -2.64. The fourth-order valence-corrected chi connectivity index (χ4v) is 6.66. The second-order valence-corrected chi connectivity index (χ2v) is 11.1. The Bertz CT molecular complexity index is 971. The minimum absolute atomic E-state index is 0.0790. The molecule has 7 rings (SSSR count). The van der Waals surface area contributed by atoms with Crippen LogP contribution in [-0.2, 0) is 19.4 Å². The van der Waals surface area contributed by atoms with Crippen molar-refractivity contribution in [3.63, 3.8) is 0 Å². The smallest absolute Gasteiger partial charge is 0.452 e. The summed E-state index contributed by atoms with van der Waals surface area (Å²) in [6.07, 6.45) is 4.00. The van der Waals surface area contributed by atoms with Crippen molar-refractivity contribution in [3.8, 4) is 5.75 Å². The van der Waals surface area contributed by atoms with E-state index >= 15 is 0 Å². The average molecular weight is 414 g/mol. The van der Waals surface area contributed by atoms with Gasteiger partial charge in [-0.15, -0.1) is 0 Å². The van der Waals surface area contributed by atoms with E-state index in [4.69, 9.17) is 18.8 Å². The lowest BCUT2D eigenvalue weighted by molar-refractivity contribution is -0.199. The Kier molecular flexibility index (Phi) is 3.45. The van der Waals surface area contributed by atoms with Crippen molar-refractivity contribution < 1.29 is 28.0 Å². The lowest BCUT2D eigenvalue weighted by atomic mass is 9.43. The summed E-state index contributed by atoms with van der Waals surface area (Å²) in [4.78, 5) is 12.5. The Morgan fingerprint density at radius 1 is 1.07 bits per heavy atom. The number of benzene rings is 1. The van der Waals surface area contributed by atoms with Gasteiger partial charge in [-0.25, -0.2) is 9.18 Å². The number of esters is 1. The van der Waals surface area contributed by atoms with Crippen molar-refractivity contribution in [2.45, 2.75) is 83.1 Å². The van der Waals surface area contributed by atoms with Gasteiger partial charge in [-0.1, -0.05) is 19.9 Å². The third-order valence-electron chi connectivity index (χ3n) is 8.72. The average Bonchev–Trinajstić information content (AvgIpc) is 3.34. The highest BCUT2D eigenvalue weighted by molar-refractivity contribution is 6.51. The summed E-state index contributed by atoms with van der Waals surface area (Å²) in [5.41, 5.74) is 0.634. The molecule has 5 fully saturated rings. The number of cyclic esters (lactones) is 1. The first kappa shape index (κ1) is 19.1. The maximum atomic E-state index is 14.5. The number of carbonyl (C=O) groups is 1. The zero-order chi connectivity index (χ0) is 21.3. The van der Waals surface area contributed by atoms with Gasteiger partial charge in [0.15, 0.2) is 0 Å². The molecular formula is C23H28BFO5. The van der Waals surface area contributed by atoms with E-state index in [0.29, 0.717) is 11.8 Å². The SMILES string of the molecule is CC1(C)OC(=O)c2c(F)ccc(C3(B4OC5CC6CC(C6(C)C)[C@]5(C)O4)CC3)c2O1. The van der Waals surface area contributed by atoms with Crippen molar-refractivity contribution in [1.29, 1.82) is 0 Å². The summed E-state index contributed by atoms with van der Waals surface area (Å²) < 4.78 is 39.1. The van der Waals surface area contributed by atoms with Crippen molar-refractivity contribution in [3.05, 3.63) is 29.1 Å². The minimum atomic E-state index is -1.15. The van der Waals surface area contributed by atoms with Crippen molar-refractivity contribution in [2.75, 3.05) is 0 Å². The molecule has 0 aromatic heterocycles. The van der Waals surface area contributed by atoms with Crippen LogP contribution < -0.4 is 4.74 Å². The minimum Gasteiger partial charge on any atom is -0.452 e. The van der Waals surface area contributed by atoms with Gasteiger partial charge in [-0.2, -0.15) is 0 Å². The van der Waals surface area contributed by atoms with Crippen LogP contribution in [0.2, 0.25) is 0 Å². The Balaban J connectivity index is 1.39. The van der Waals surface area contributed by atoms with E-state index in [2.05, 4.69) is 20.8 Å². The summed E-state index contributed by atoms with van der Waals surface area (Å²) in [5.74, 6) is -1.02. The number of fused-ring (bicyclic) bond motifs is 1. The molecule has 1 saturated heterocycles. The Labute approximate surface area is 176 Å². The van der Waals surface area contributed by atoms with Gasteiger partial charge in [0.25, 0.3) is 0 Å².